The van der Waals surface area contributed by atoms with Crippen LogP contribution in [0.1, 0.15) is 18.7 Å². The van der Waals surface area contributed by atoms with Gasteiger partial charge in [0.2, 0.25) is 0 Å². The summed E-state index contributed by atoms with van der Waals surface area (Å²) in [5, 5.41) is 15.6. The molecule has 1 heterocycles. The van der Waals surface area contributed by atoms with E-state index >= 15 is 0 Å². The van der Waals surface area contributed by atoms with Crippen LogP contribution in [0.15, 0.2) is 35.6 Å². The van der Waals surface area contributed by atoms with Crippen LogP contribution >= 0.6 is 11.3 Å². The normalized spacial score (nSPS) is 10.7. The SMILES string of the molecule is CCN(CC)c1ncc(/C=N\NC(=O)COc2ccccc2[N+](=O)[O-])s1. The van der Waals surface area contributed by atoms with Crippen LogP contribution in [0.25, 0.3) is 0 Å². The van der Waals surface area contributed by atoms with Crippen molar-refractivity contribution in [3.63, 3.8) is 0 Å². The molecule has 0 spiro atoms. The second kappa shape index (κ2) is 9.47. The second-order valence-corrected chi connectivity index (χ2v) is 6.06. The standard InChI is InChI=1S/C16H19N5O4S/c1-3-20(4-2)16-17-9-12(26-16)10-18-19-15(22)11-25-14-8-6-5-7-13(14)21(23)24/h5-10H,3-4,11H2,1-2H3,(H,19,22)/b18-10-. The number of hydrogen-bond donors (Lipinski definition) is 1. The Kier molecular flexibility index (Phi) is 7.03. The van der Waals surface area contributed by atoms with Crippen LogP contribution < -0.4 is 15.1 Å². The Morgan fingerprint density at radius 1 is 1.42 bits per heavy atom. The fraction of sp³-hybridized carbons (Fsp3) is 0.312. The molecule has 26 heavy (non-hydrogen) atoms. The van der Waals surface area contributed by atoms with Crippen molar-refractivity contribution >= 4 is 34.3 Å². The van der Waals surface area contributed by atoms with Gasteiger partial charge in [0.1, 0.15) is 0 Å². The number of amides is 1. The number of nitrogens with zero attached hydrogens (tertiary/aromatic N) is 4. The number of aromatic nitrogens is 1. The molecule has 0 aliphatic heterocycles. The van der Waals surface area contributed by atoms with E-state index in [1.54, 1.807) is 12.3 Å². The quantitative estimate of drug-likeness (QED) is 0.408. The number of hydrogen-bond acceptors (Lipinski definition) is 8. The molecule has 0 saturated carbocycles. The van der Waals surface area contributed by atoms with Gasteiger partial charge >= 0.3 is 5.69 Å². The van der Waals surface area contributed by atoms with E-state index in [2.05, 4.69) is 34.3 Å². The Morgan fingerprint density at radius 2 is 2.15 bits per heavy atom. The minimum absolute atomic E-state index is 0.0305. The van der Waals surface area contributed by atoms with E-state index in [9.17, 15) is 14.9 Å². The van der Waals surface area contributed by atoms with Crippen LogP contribution in [-0.4, -0.2) is 41.7 Å². The zero-order chi connectivity index (χ0) is 18.9. The number of carbonyl (C=O) groups excluding carboxylic acids is 1. The zero-order valence-corrected chi connectivity index (χ0v) is 15.2. The maximum absolute atomic E-state index is 11.8. The predicted molar refractivity (Wildman–Crippen MR) is 100 cm³/mol. The number of ether oxygens (including phenoxy) is 1. The van der Waals surface area contributed by atoms with Crippen LogP contribution in [0.3, 0.4) is 0 Å². The summed E-state index contributed by atoms with van der Waals surface area (Å²) in [6, 6.07) is 5.86. The molecule has 138 valence electrons. The predicted octanol–water partition coefficient (Wildman–Crippen LogP) is 2.43. The van der Waals surface area contributed by atoms with Gasteiger partial charge in [-0.15, -0.1) is 0 Å². The van der Waals surface area contributed by atoms with E-state index in [4.69, 9.17) is 4.74 Å². The lowest BCUT2D eigenvalue weighted by atomic mass is 10.3. The average molecular weight is 377 g/mol. The first-order valence-corrected chi connectivity index (χ1v) is 8.75. The van der Waals surface area contributed by atoms with Crippen molar-refractivity contribution in [2.75, 3.05) is 24.6 Å². The lowest BCUT2D eigenvalue weighted by Crippen LogP contribution is -2.24. The summed E-state index contributed by atoms with van der Waals surface area (Å²) in [4.78, 5) is 29.3. The summed E-state index contributed by atoms with van der Waals surface area (Å²) >= 11 is 1.47. The molecule has 0 radical (unpaired) electrons. The van der Waals surface area contributed by atoms with Gasteiger partial charge < -0.3 is 9.64 Å². The van der Waals surface area contributed by atoms with E-state index in [0.29, 0.717) is 0 Å². The number of thiazole rings is 1. The van der Waals surface area contributed by atoms with Gasteiger partial charge in [-0.25, -0.2) is 10.4 Å². The van der Waals surface area contributed by atoms with Gasteiger partial charge in [-0.2, -0.15) is 5.10 Å². The Labute approximate surface area is 154 Å². The molecule has 0 saturated heterocycles. The number of rotatable bonds is 9. The number of benzene rings is 1. The molecule has 0 fully saturated rings. The maximum Gasteiger partial charge on any atom is 0.310 e. The van der Waals surface area contributed by atoms with E-state index in [1.807, 2.05) is 0 Å². The third kappa shape index (κ3) is 5.24. The lowest BCUT2D eigenvalue weighted by molar-refractivity contribution is -0.385. The number of carbonyl (C=O) groups is 1. The van der Waals surface area contributed by atoms with Crippen molar-refractivity contribution in [1.29, 1.82) is 0 Å². The highest BCUT2D eigenvalue weighted by molar-refractivity contribution is 7.17. The van der Waals surface area contributed by atoms with Crippen molar-refractivity contribution in [3.8, 4) is 5.75 Å². The summed E-state index contributed by atoms with van der Waals surface area (Å²) in [6.07, 6.45) is 3.17. The van der Waals surface area contributed by atoms with Gasteiger partial charge in [-0.05, 0) is 19.9 Å². The van der Waals surface area contributed by atoms with Gasteiger partial charge in [0.25, 0.3) is 5.91 Å². The Morgan fingerprint density at radius 3 is 2.85 bits per heavy atom. The molecule has 1 aromatic heterocycles. The van der Waals surface area contributed by atoms with E-state index in [-0.39, 0.29) is 18.0 Å². The number of nitro benzene ring substituents is 1. The summed E-state index contributed by atoms with van der Waals surface area (Å²) in [6.45, 7) is 5.45. The van der Waals surface area contributed by atoms with Gasteiger partial charge in [-0.1, -0.05) is 23.5 Å². The Balaban J connectivity index is 1.86. The van der Waals surface area contributed by atoms with Gasteiger partial charge in [0.05, 0.1) is 16.0 Å². The number of nitro groups is 1. The van der Waals surface area contributed by atoms with Gasteiger partial charge in [0, 0.05) is 25.4 Å². The molecule has 10 heteroatoms. The van der Waals surface area contributed by atoms with Crippen molar-refractivity contribution in [3.05, 3.63) is 45.5 Å². The summed E-state index contributed by atoms with van der Waals surface area (Å²) < 4.78 is 5.18. The molecule has 1 N–H and O–H groups in total. The lowest BCUT2D eigenvalue weighted by Gasteiger charge is -2.16. The average Bonchev–Trinajstić information content (AvgIpc) is 3.10. The number of hydrazone groups is 1. The van der Waals surface area contributed by atoms with E-state index in [1.165, 1.54) is 35.8 Å². The molecule has 9 nitrogen and oxygen atoms in total. The summed E-state index contributed by atoms with van der Waals surface area (Å²) in [5.41, 5.74) is 2.12. The van der Waals surface area contributed by atoms with Crippen LogP contribution in [0.5, 0.6) is 5.75 Å². The first kappa shape index (κ1) is 19.3. The molecule has 0 aliphatic carbocycles. The number of para-hydroxylation sites is 2. The fourth-order valence-electron chi connectivity index (χ4n) is 2.05. The summed E-state index contributed by atoms with van der Waals surface area (Å²) in [5.74, 6) is -0.490. The highest BCUT2D eigenvalue weighted by Crippen LogP contribution is 2.25. The molecular weight excluding hydrogens is 358 g/mol. The fourth-order valence-corrected chi connectivity index (χ4v) is 2.96. The molecule has 1 amide bonds. The molecule has 1 aromatic carbocycles. The van der Waals surface area contributed by atoms with Crippen molar-refractivity contribution in [2.45, 2.75) is 13.8 Å². The number of nitrogens with one attached hydrogen (secondary N) is 1. The Bertz CT molecular complexity index is 788. The van der Waals surface area contributed by atoms with Crippen molar-refractivity contribution < 1.29 is 14.5 Å². The smallest absolute Gasteiger partial charge is 0.310 e. The van der Waals surface area contributed by atoms with Crippen LogP contribution in [-0.2, 0) is 4.79 Å². The maximum atomic E-state index is 11.8. The minimum atomic E-state index is -0.567. The molecule has 0 aliphatic rings. The Hall–Kier alpha value is -3.01. The van der Waals surface area contributed by atoms with Crippen LogP contribution in [0.2, 0.25) is 0 Å². The third-order valence-electron chi connectivity index (χ3n) is 3.35. The highest BCUT2D eigenvalue weighted by Gasteiger charge is 2.14. The highest BCUT2D eigenvalue weighted by atomic mass is 32.1. The molecule has 2 rings (SSSR count). The molecule has 0 unspecified atom stereocenters. The largest absolute Gasteiger partial charge is 0.477 e. The topological polar surface area (TPSA) is 110 Å². The second-order valence-electron chi connectivity index (χ2n) is 5.02. The van der Waals surface area contributed by atoms with Gasteiger partial charge in [-0.3, -0.25) is 14.9 Å². The van der Waals surface area contributed by atoms with Crippen molar-refractivity contribution in [2.24, 2.45) is 5.10 Å². The third-order valence-corrected chi connectivity index (χ3v) is 4.34. The van der Waals surface area contributed by atoms with Crippen LogP contribution in [0, 0.1) is 10.1 Å². The molecule has 2 aromatic rings. The minimum Gasteiger partial charge on any atom is -0.477 e. The first-order valence-electron chi connectivity index (χ1n) is 7.94. The molecule has 0 atom stereocenters. The molecular formula is C16H19N5O4S. The van der Waals surface area contributed by atoms with Gasteiger partial charge in [0.15, 0.2) is 17.5 Å². The number of anilines is 1. The van der Waals surface area contributed by atoms with E-state index < -0.39 is 10.8 Å². The first-order chi connectivity index (χ1) is 12.5. The zero-order valence-electron chi connectivity index (χ0n) is 14.4. The van der Waals surface area contributed by atoms with E-state index in [0.717, 1.165) is 23.1 Å². The monoisotopic (exact) mass is 377 g/mol. The van der Waals surface area contributed by atoms with Crippen LogP contribution in [0.4, 0.5) is 10.8 Å². The molecule has 0 bridgehead atoms. The van der Waals surface area contributed by atoms with Crippen molar-refractivity contribution in [1.82, 2.24) is 10.4 Å². The summed E-state index contributed by atoms with van der Waals surface area (Å²) in [7, 11) is 0.